The fourth-order valence-corrected chi connectivity index (χ4v) is 0.125. The summed E-state index contributed by atoms with van der Waals surface area (Å²) >= 11 is 0. The van der Waals surface area contributed by atoms with Crippen LogP contribution < -0.4 is 0 Å². The molecular weight excluding hydrogens is 76.1 g/mol. The molecule has 0 aromatic carbocycles. The molecule has 0 bridgehead atoms. The average molecular weight is 78.1 g/mol. The minimum atomic E-state index is 0.253. The highest BCUT2D eigenvalue weighted by atomic mass is 28.2. The summed E-state index contributed by atoms with van der Waals surface area (Å²) in [4.78, 5) is 0. The first-order chi connectivity index (χ1) is 2.41. The van der Waals surface area contributed by atoms with Gasteiger partial charge >= 0.3 is 0 Å². The van der Waals surface area contributed by atoms with Crippen molar-refractivity contribution in [3.63, 3.8) is 0 Å². The molecule has 0 aliphatic rings. The summed E-state index contributed by atoms with van der Waals surface area (Å²) in [5.74, 6) is 0. The molecule has 0 saturated carbocycles. The lowest BCUT2D eigenvalue weighted by Crippen LogP contribution is -1.70. The Kier molecular flexibility index (Phi) is 2.89. The standard InChI is InChI=1S/C4H2Si/c1-3-5-4-2/h1-2H. The summed E-state index contributed by atoms with van der Waals surface area (Å²) in [6.07, 6.45) is 9.52. The largest absolute Gasteiger partial charge is 0.249 e. The molecule has 0 aliphatic carbocycles. The van der Waals surface area contributed by atoms with Crippen LogP contribution in [0.5, 0.6) is 0 Å². The third-order valence-corrected chi connectivity index (χ3v) is 0.433. The SMILES string of the molecule is C#C[Si]C#C. The maximum atomic E-state index is 4.76. The summed E-state index contributed by atoms with van der Waals surface area (Å²) < 4.78 is 0. The number of hydrogen-bond donors (Lipinski definition) is 0. The second kappa shape index (κ2) is 3.34. The van der Waals surface area contributed by atoms with Crippen LogP contribution in [0.2, 0.25) is 0 Å². The predicted octanol–water partition coefficient (Wildman–Crippen LogP) is -0.128. The quantitative estimate of drug-likeness (QED) is 0.280. The van der Waals surface area contributed by atoms with Crippen LogP contribution in [0.25, 0.3) is 0 Å². The summed E-state index contributed by atoms with van der Waals surface area (Å²) in [6, 6.07) is 0. The molecular formula is C4H2Si. The Bertz CT molecular complexity index is 68.8. The fraction of sp³-hybridized carbons (Fsp3) is 0. The van der Waals surface area contributed by atoms with Crippen molar-refractivity contribution >= 4 is 9.52 Å². The van der Waals surface area contributed by atoms with E-state index in [1.165, 1.54) is 0 Å². The van der Waals surface area contributed by atoms with E-state index in [0.29, 0.717) is 0 Å². The smallest absolute Gasteiger partial charge is 0.126 e. The minimum Gasteiger partial charge on any atom is -0.126 e. The monoisotopic (exact) mass is 78.0 g/mol. The molecule has 0 amide bonds. The van der Waals surface area contributed by atoms with Crippen molar-refractivity contribution in [3.8, 4) is 23.9 Å². The second-order valence-electron chi connectivity index (χ2n) is 0.414. The van der Waals surface area contributed by atoms with E-state index in [9.17, 15) is 0 Å². The third-order valence-electron chi connectivity index (χ3n) is 0.144. The zero-order valence-corrected chi connectivity index (χ0v) is 3.65. The van der Waals surface area contributed by atoms with Gasteiger partial charge in [-0.25, -0.2) is 0 Å². The van der Waals surface area contributed by atoms with Crippen molar-refractivity contribution in [1.82, 2.24) is 0 Å². The van der Waals surface area contributed by atoms with Gasteiger partial charge in [-0.3, -0.25) is 0 Å². The van der Waals surface area contributed by atoms with Crippen LogP contribution in [0.3, 0.4) is 0 Å². The Morgan fingerprint density at radius 1 is 1.20 bits per heavy atom. The van der Waals surface area contributed by atoms with Crippen LogP contribution in [-0.2, 0) is 0 Å². The predicted molar refractivity (Wildman–Crippen MR) is 23.4 cm³/mol. The molecule has 0 unspecified atom stereocenters. The second-order valence-corrected chi connectivity index (χ2v) is 1.24. The van der Waals surface area contributed by atoms with E-state index < -0.39 is 0 Å². The molecule has 0 aromatic heterocycles. The van der Waals surface area contributed by atoms with Crippen molar-refractivity contribution in [2.24, 2.45) is 0 Å². The van der Waals surface area contributed by atoms with Crippen molar-refractivity contribution in [2.45, 2.75) is 0 Å². The first-order valence-corrected chi connectivity index (χ1v) is 2.08. The van der Waals surface area contributed by atoms with Gasteiger partial charge in [-0.1, -0.05) is 0 Å². The van der Waals surface area contributed by atoms with Crippen LogP contribution in [0.4, 0.5) is 0 Å². The zero-order valence-electron chi connectivity index (χ0n) is 2.65. The van der Waals surface area contributed by atoms with Gasteiger partial charge in [0.05, 0.1) is 0 Å². The van der Waals surface area contributed by atoms with Gasteiger partial charge in [-0.15, -0.1) is 23.9 Å². The normalized spacial score (nSPS) is 4.40. The first kappa shape index (κ1) is 4.34. The fourth-order valence-electron chi connectivity index (χ4n) is 0.0417. The lowest BCUT2D eigenvalue weighted by atomic mass is 11.4. The van der Waals surface area contributed by atoms with Gasteiger partial charge in [0.2, 0.25) is 9.52 Å². The van der Waals surface area contributed by atoms with Crippen molar-refractivity contribution < 1.29 is 0 Å². The number of hydrogen-bond acceptors (Lipinski definition) is 0. The Hall–Kier alpha value is -0.663. The van der Waals surface area contributed by atoms with Crippen molar-refractivity contribution in [1.29, 1.82) is 0 Å². The minimum absolute atomic E-state index is 0.253. The maximum Gasteiger partial charge on any atom is 0.249 e. The van der Waals surface area contributed by atoms with Gasteiger partial charge in [-0.2, -0.15) is 0 Å². The first-order valence-electron chi connectivity index (χ1n) is 1.08. The average Bonchev–Trinajstić information content (AvgIpc) is 1.41. The molecule has 0 atom stereocenters. The van der Waals surface area contributed by atoms with Gasteiger partial charge in [0.25, 0.3) is 0 Å². The van der Waals surface area contributed by atoms with E-state index in [4.69, 9.17) is 12.8 Å². The highest BCUT2D eigenvalue weighted by Crippen LogP contribution is 1.38. The number of terminal acetylenes is 2. The zero-order chi connectivity index (χ0) is 4.12. The Labute approximate surface area is 34.4 Å². The lowest BCUT2D eigenvalue weighted by molar-refractivity contribution is 2.87. The van der Waals surface area contributed by atoms with E-state index in [1.54, 1.807) is 0 Å². The van der Waals surface area contributed by atoms with Crippen LogP contribution >= 0.6 is 0 Å². The van der Waals surface area contributed by atoms with Gasteiger partial charge < -0.3 is 0 Å². The summed E-state index contributed by atoms with van der Waals surface area (Å²) in [5.41, 5.74) is 4.62. The van der Waals surface area contributed by atoms with Gasteiger partial charge in [0.15, 0.2) is 0 Å². The van der Waals surface area contributed by atoms with Crippen molar-refractivity contribution in [3.05, 3.63) is 0 Å². The molecule has 0 N–H and O–H groups in total. The Balaban J connectivity index is 2.86. The maximum absolute atomic E-state index is 4.76. The molecule has 0 aliphatic heterocycles. The molecule has 0 heterocycles. The summed E-state index contributed by atoms with van der Waals surface area (Å²) in [7, 11) is 0.253. The number of rotatable bonds is 0. The van der Waals surface area contributed by atoms with Gasteiger partial charge in [-0.05, 0) is 0 Å². The van der Waals surface area contributed by atoms with Gasteiger partial charge in [0, 0.05) is 0 Å². The molecule has 22 valence electrons. The molecule has 1 heteroatoms. The van der Waals surface area contributed by atoms with E-state index in [0.717, 1.165) is 0 Å². The van der Waals surface area contributed by atoms with Gasteiger partial charge in [0.1, 0.15) is 0 Å². The molecule has 2 radical (unpaired) electrons. The van der Waals surface area contributed by atoms with Crippen LogP contribution in [0, 0.1) is 23.9 Å². The summed E-state index contributed by atoms with van der Waals surface area (Å²) in [6.45, 7) is 0. The highest BCUT2D eigenvalue weighted by Gasteiger charge is 1.58. The lowest BCUT2D eigenvalue weighted by Gasteiger charge is -1.50. The van der Waals surface area contributed by atoms with Crippen LogP contribution in [0.1, 0.15) is 0 Å². The summed E-state index contributed by atoms with van der Waals surface area (Å²) in [5, 5.41) is 0. The molecule has 0 nitrogen and oxygen atoms in total. The van der Waals surface area contributed by atoms with E-state index in [2.05, 4.69) is 11.1 Å². The van der Waals surface area contributed by atoms with E-state index in [1.807, 2.05) is 0 Å². The molecule has 5 heavy (non-hydrogen) atoms. The molecule has 0 rings (SSSR count). The van der Waals surface area contributed by atoms with Crippen LogP contribution in [-0.4, -0.2) is 9.52 Å². The highest BCUT2D eigenvalue weighted by molar-refractivity contribution is 6.54. The van der Waals surface area contributed by atoms with Crippen molar-refractivity contribution in [2.75, 3.05) is 0 Å². The third kappa shape index (κ3) is 3.34. The molecule has 0 spiro atoms. The topological polar surface area (TPSA) is 0 Å². The van der Waals surface area contributed by atoms with E-state index >= 15 is 0 Å². The van der Waals surface area contributed by atoms with Crippen LogP contribution in [0.15, 0.2) is 0 Å². The molecule has 0 fully saturated rings. The van der Waals surface area contributed by atoms with E-state index in [-0.39, 0.29) is 9.52 Å². The Morgan fingerprint density at radius 2 is 1.60 bits per heavy atom. The molecule has 0 aromatic rings. The molecule has 0 saturated heterocycles. The Morgan fingerprint density at radius 3 is 1.60 bits per heavy atom.